The van der Waals surface area contributed by atoms with Crippen LogP contribution in [-0.2, 0) is 14.3 Å². The minimum atomic E-state index is -0.752. The average molecular weight is 461 g/mol. The van der Waals surface area contributed by atoms with E-state index in [1.807, 2.05) is 24.3 Å². The maximum Gasteiger partial charge on any atom is 0.407 e. The highest BCUT2D eigenvalue weighted by Crippen LogP contribution is 2.52. The third-order valence-electron chi connectivity index (χ3n) is 8.27. The minimum Gasteiger partial charge on any atom is -0.481 e. The van der Waals surface area contributed by atoms with Gasteiger partial charge in [0.05, 0.1) is 11.8 Å². The molecule has 7 nitrogen and oxygen atoms in total. The highest BCUT2D eigenvalue weighted by Gasteiger charge is 2.61. The molecule has 0 radical (unpaired) electrons. The molecule has 1 aliphatic heterocycles. The lowest BCUT2D eigenvalue weighted by atomic mass is 9.98. The molecule has 0 bridgehead atoms. The summed E-state index contributed by atoms with van der Waals surface area (Å²) < 4.78 is 5.68. The van der Waals surface area contributed by atoms with Gasteiger partial charge in [0.1, 0.15) is 6.61 Å². The minimum absolute atomic E-state index is 0.00216. The Morgan fingerprint density at radius 2 is 1.56 bits per heavy atom. The largest absolute Gasteiger partial charge is 0.481 e. The molecule has 2 amide bonds. The number of likely N-dealkylation sites (tertiary alicyclic amines) is 1. The van der Waals surface area contributed by atoms with Gasteiger partial charge in [-0.2, -0.15) is 0 Å². The number of carbonyl (C=O) groups is 3. The predicted octanol–water partition coefficient (Wildman–Crippen LogP) is 3.48. The second-order valence-corrected chi connectivity index (χ2v) is 10.0. The second kappa shape index (κ2) is 8.15. The van der Waals surface area contributed by atoms with E-state index in [0.717, 1.165) is 30.4 Å². The SMILES string of the molecule is O=C(N[C@H]1CCC[C@H]1C(=O)N1CC2C(C1)C2C(=O)O)OCC1c2ccccc2-c2ccccc21. The third kappa shape index (κ3) is 3.45. The molecule has 3 fully saturated rings. The topological polar surface area (TPSA) is 95.9 Å². The van der Waals surface area contributed by atoms with Crippen LogP contribution >= 0.6 is 0 Å². The molecule has 1 heterocycles. The van der Waals surface area contributed by atoms with E-state index in [4.69, 9.17) is 4.74 Å². The van der Waals surface area contributed by atoms with Crippen molar-refractivity contribution in [2.45, 2.75) is 31.2 Å². The Balaban J connectivity index is 1.06. The lowest BCUT2D eigenvalue weighted by Gasteiger charge is -2.27. The van der Waals surface area contributed by atoms with Gasteiger partial charge in [0, 0.05) is 25.0 Å². The van der Waals surface area contributed by atoms with Crippen molar-refractivity contribution in [3.05, 3.63) is 59.7 Å². The number of carboxylic acid groups (broad SMARTS) is 1. The molecule has 2 aromatic carbocycles. The van der Waals surface area contributed by atoms with Gasteiger partial charge >= 0.3 is 12.1 Å². The highest BCUT2D eigenvalue weighted by molar-refractivity contribution is 5.83. The van der Waals surface area contributed by atoms with Crippen LogP contribution < -0.4 is 5.32 Å². The Bertz CT molecular complexity index is 1110. The number of ether oxygens (including phenoxy) is 1. The molecule has 7 heteroatoms. The maximum atomic E-state index is 13.1. The molecule has 4 atom stereocenters. The molecule has 0 spiro atoms. The molecule has 176 valence electrons. The van der Waals surface area contributed by atoms with Gasteiger partial charge in [-0.25, -0.2) is 4.79 Å². The maximum absolute atomic E-state index is 13.1. The summed E-state index contributed by atoms with van der Waals surface area (Å²) in [6, 6.07) is 16.2. The monoisotopic (exact) mass is 460 g/mol. The number of nitrogens with zero attached hydrogens (tertiary/aromatic N) is 1. The first-order valence-electron chi connectivity index (χ1n) is 12.2. The number of rotatable bonds is 5. The third-order valence-corrected chi connectivity index (χ3v) is 8.27. The quantitative estimate of drug-likeness (QED) is 0.712. The first kappa shape index (κ1) is 21.2. The average Bonchev–Trinajstić information content (AvgIpc) is 3.19. The molecule has 34 heavy (non-hydrogen) atoms. The van der Waals surface area contributed by atoms with Crippen molar-refractivity contribution >= 4 is 18.0 Å². The van der Waals surface area contributed by atoms with Crippen molar-refractivity contribution < 1.29 is 24.2 Å². The number of aliphatic carboxylic acids is 1. The van der Waals surface area contributed by atoms with Gasteiger partial charge in [0.15, 0.2) is 0 Å². The zero-order valence-corrected chi connectivity index (χ0v) is 18.9. The number of carbonyl (C=O) groups excluding carboxylic acids is 2. The number of carboxylic acids is 1. The Hall–Kier alpha value is -3.35. The van der Waals surface area contributed by atoms with Gasteiger partial charge in [-0.3, -0.25) is 9.59 Å². The summed E-state index contributed by atoms with van der Waals surface area (Å²) in [5.41, 5.74) is 4.69. The normalized spacial score (nSPS) is 28.7. The summed E-state index contributed by atoms with van der Waals surface area (Å²) in [6.07, 6.45) is 1.88. The van der Waals surface area contributed by atoms with E-state index in [1.54, 1.807) is 4.90 Å². The summed E-state index contributed by atoms with van der Waals surface area (Å²) >= 11 is 0. The molecule has 2 saturated carbocycles. The summed E-state index contributed by atoms with van der Waals surface area (Å²) in [5, 5.41) is 12.2. The van der Waals surface area contributed by atoms with Crippen LogP contribution in [0.5, 0.6) is 0 Å². The van der Waals surface area contributed by atoms with E-state index < -0.39 is 12.1 Å². The van der Waals surface area contributed by atoms with E-state index in [9.17, 15) is 19.5 Å². The van der Waals surface area contributed by atoms with Crippen LogP contribution in [0.1, 0.15) is 36.3 Å². The molecular weight excluding hydrogens is 432 g/mol. The van der Waals surface area contributed by atoms with Crippen molar-refractivity contribution in [3.63, 3.8) is 0 Å². The number of fused-ring (bicyclic) bond motifs is 4. The van der Waals surface area contributed by atoms with Crippen molar-refractivity contribution in [3.8, 4) is 11.1 Å². The molecule has 4 aliphatic rings. The number of amides is 2. The fraction of sp³-hybridized carbons (Fsp3) is 0.444. The van der Waals surface area contributed by atoms with Gasteiger partial charge in [-0.05, 0) is 46.9 Å². The summed E-state index contributed by atoms with van der Waals surface area (Å²) in [6.45, 7) is 1.29. The lowest BCUT2D eigenvalue weighted by Crippen LogP contribution is -2.46. The van der Waals surface area contributed by atoms with Gasteiger partial charge in [-0.1, -0.05) is 55.0 Å². The molecule has 2 N–H and O–H groups in total. The summed E-state index contributed by atoms with van der Waals surface area (Å²) in [4.78, 5) is 38.8. The molecule has 3 aliphatic carbocycles. The van der Waals surface area contributed by atoms with Gasteiger partial charge < -0.3 is 20.1 Å². The van der Waals surface area contributed by atoms with Crippen molar-refractivity contribution in [2.24, 2.45) is 23.7 Å². The zero-order chi connectivity index (χ0) is 23.4. The van der Waals surface area contributed by atoms with Crippen LogP contribution in [0.3, 0.4) is 0 Å². The molecule has 1 saturated heterocycles. The molecule has 2 aromatic rings. The van der Waals surface area contributed by atoms with Crippen molar-refractivity contribution in [1.82, 2.24) is 10.2 Å². The van der Waals surface area contributed by atoms with Crippen LogP contribution in [0, 0.1) is 23.7 Å². The van der Waals surface area contributed by atoms with E-state index in [1.165, 1.54) is 11.1 Å². The molecule has 2 unspecified atom stereocenters. The van der Waals surface area contributed by atoms with Crippen molar-refractivity contribution in [2.75, 3.05) is 19.7 Å². The fourth-order valence-electron chi connectivity index (χ4n) is 6.53. The Labute approximate surface area is 198 Å². The van der Waals surface area contributed by atoms with E-state index >= 15 is 0 Å². The number of benzene rings is 2. The van der Waals surface area contributed by atoms with Crippen LogP contribution in [0.25, 0.3) is 11.1 Å². The number of alkyl carbamates (subject to hydrolysis) is 1. The Kier molecular flexibility index (Phi) is 5.08. The molecule has 0 aromatic heterocycles. The number of nitrogens with one attached hydrogen (secondary N) is 1. The summed E-state index contributed by atoms with van der Waals surface area (Å²) in [5.74, 6) is -1.08. The first-order chi connectivity index (χ1) is 16.5. The van der Waals surface area contributed by atoms with Crippen LogP contribution in [-0.4, -0.2) is 53.7 Å². The Morgan fingerprint density at radius 1 is 0.941 bits per heavy atom. The van der Waals surface area contributed by atoms with Gasteiger partial charge in [-0.15, -0.1) is 0 Å². The molecular formula is C27H28N2O5. The van der Waals surface area contributed by atoms with E-state index in [2.05, 4.69) is 29.6 Å². The first-order valence-corrected chi connectivity index (χ1v) is 12.2. The lowest BCUT2D eigenvalue weighted by molar-refractivity contribution is -0.142. The number of hydrogen-bond donors (Lipinski definition) is 2. The smallest absolute Gasteiger partial charge is 0.407 e. The van der Waals surface area contributed by atoms with Crippen LogP contribution in [0.15, 0.2) is 48.5 Å². The second-order valence-electron chi connectivity index (χ2n) is 10.0. The number of hydrogen-bond acceptors (Lipinski definition) is 4. The molecule has 6 rings (SSSR count). The van der Waals surface area contributed by atoms with Crippen LogP contribution in [0.4, 0.5) is 4.79 Å². The van der Waals surface area contributed by atoms with E-state index in [0.29, 0.717) is 13.1 Å². The highest BCUT2D eigenvalue weighted by atomic mass is 16.5. The standard InChI is InChI=1S/C27H28N2O5/c30-25(29-12-20-21(13-29)24(20)26(31)32)19-10-5-11-23(19)28-27(33)34-14-22-17-8-3-1-6-15(17)16-7-2-4-9-18(16)22/h1-4,6-9,19-24H,5,10-14H2,(H,28,33)(H,31,32)/t19-,20?,21?,23+,24?/m1/s1. The summed E-state index contributed by atoms with van der Waals surface area (Å²) in [7, 11) is 0. The van der Waals surface area contributed by atoms with Gasteiger partial charge in [0.2, 0.25) is 5.91 Å². The fourth-order valence-corrected chi connectivity index (χ4v) is 6.53. The number of piperidine rings is 1. The zero-order valence-electron chi connectivity index (χ0n) is 18.9. The van der Waals surface area contributed by atoms with Crippen molar-refractivity contribution in [1.29, 1.82) is 0 Å². The Morgan fingerprint density at radius 3 is 2.18 bits per heavy atom. The van der Waals surface area contributed by atoms with Gasteiger partial charge in [0.25, 0.3) is 0 Å². The predicted molar refractivity (Wildman–Crippen MR) is 124 cm³/mol. The van der Waals surface area contributed by atoms with Crippen LogP contribution in [0.2, 0.25) is 0 Å². The van der Waals surface area contributed by atoms with E-state index in [-0.39, 0.29) is 48.1 Å².